The first-order valence-electron chi connectivity index (χ1n) is 5.39. The number of nitrogens with zero attached hydrogens (tertiary/aromatic N) is 5. The maximum Gasteiger partial charge on any atom is 0.209 e. The number of pyridine rings is 1. The van der Waals surface area contributed by atoms with E-state index in [4.69, 9.17) is 0 Å². The summed E-state index contributed by atoms with van der Waals surface area (Å²) in [5, 5.41) is 22.3. The van der Waals surface area contributed by atoms with Gasteiger partial charge in [0.15, 0.2) is 0 Å². The predicted molar refractivity (Wildman–Crippen MR) is 70.8 cm³/mol. The maximum atomic E-state index is 9.54. The highest BCUT2D eigenvalue weighted by atomic mass is 32.2. The summed E-state index contributed by atoms with van der Waals surface area (Å²) in [5.41, 5.74) is 0. The molecule has 6 nitrogen and oxygen atoms in total. The molecular formula is C10H13N5OS2. The molecule has 96 valence electrons. The number of tetrazole rings is 1. The van der Waals surface area contributed by atoms with Gasteiger partial charge in [-0.1, -0.05) is 11.8 Å². The molecule has 0 aromatic carbocycles. The van der Waals surface area contributed by atoms with Gasteiger partial charge in [0.25, 0.3) is 0 Å². The van der Waals surface area contributed by atoms with Crippen LogP contribution in [0.15, 0.2) is 28.5 Å². The van der Waals surface area contributed by atoms with E-state index in [1.807, 2.05) is 7.05 Å². The first-order chi connectivity index (χ1) is 8.77. The summed E-state index contributed by atoms with van der Waals surface area (Å²) >= 11 is 3.18. The van der Waals surface area contributed by atoms with Gasteiger partial charge < -0.3 is 5.11 Å². The van der Waals surface area contributed by atoms with Crippen LogP contribution in [0.5, 0.6) is 5.75 Å². The molecule has 2 rings (SSSR count). The summed E-state index contributed by atoms with van der Waals surface area (Å²) < 4.78 is 1.66. The average Bonchev–Trinajstić information content (AvgIpc) is 2.77. The van der Waals surface area contributed by atoms with Crippen molar-refractivity contribution >= 4 is 23.5 Å². The van der Waals surface area contributed by atoms with Crippen molar-refractivity contribution in [2.75, 3.05) is 11.5 Å². The second-order valence-corrected chi connectivity index (χ2v) is 5.61. The lowest BCUT2D eigenvalue weighted by molar-refractivity contribution is 0.457. The molecular weight excluding hydrogens is 270 g/mol. The number of hydrogen-bond donors (Lipinski definition) is 1. The van der Waals surface area contributed by atoms with E-state index in [9.17, 15) is 5.11 Å². The minimum absolute atomic E-state index is 0.243. The largest absolute Gasteiger partial charge is 0.505 e. The van der Waals surface area contributed by atoms with Gasteiger partial charge in [-0.3, -0.25) is 0 Å². The first-order valence-corrected chi connectivity index (χ1v) is 7.36. The van der Waals surface area contributed by atoms with Crippen LogP contribution in [0.2, 0.25) is 0 Å². The molecule has 0 radical (unpaired) electrons. The van der Waals surface area contributed by atoms with Crippen molar-refractivity contribution in [3.05, 3.63) is 18.3 Å². The number of aromatic hydroxyl groups is 1. The highest BCUT2D eigenvalue weighted by molar-refractivity contribution is 8.00. The SMILES string of the molecule is Cn1nnnc1SCCCSc1ncccc1O. The van der Waals surface area contributed by atoms with Gasteiger partial charge in [-0.25, -0.2) is 9.67 Å². The summed E-state index contributed by atoms with van der Waals surface area (Å²) in [6.45, 7) is 0. The molecule has 2 aromatic heterocycles. The molecule has 8 heteroatoms. The molecule has 2 aromatic rings. The van der Waals surface area contributed by atoms with Crippen molar-refractivity contribution in [2.45, 2.75) is 16.6 Å². The van der Waals surface area contributed by atoms with Gasteiger partial charge in [-0.15, -0.1) is 16.9 Å². The zero-order valence-corrected chi connectivity index (χ0v) is 11.5. The van der Waals surface area contributed by atoms with E-state index in [0.29, 0.717) is 5.03 Å². The summed E-state index contributed by atoms with van der Waals surface area (Å²) in [7, 11) is 1.82. The quantitative estimate of drug-likeness (QED) is 0.637. The Morgan fingerprint density at radius 3 is 2.89 bits per heavy atom. The van der Waals surface area contributed by atoms with Crippen LogP contribution in [0.3, 0.4) is 0 Å². The van der Waals surface area contributed by atoms with E-state index in [1.54, 1.807) is 46.5 Å². The Balaban J connectivity index is 1.68. The highest BCUT2D eigenvalue weighted by Crippen LogP contribution is 2.26. The fourth-order valence-corrected chi connectivity index (χ4v) is 3.03. The molecule has 0 atom stereocenters. The predicted octanol–water partition coefficient (Wildman–Crippen LogP) is 1.59. The Labute approximate surface area is 113 Å². The Hall–Kier alpha value is -1.28. The first kappa shape index (κ1) is 13.2. The zero-order chi connectivity index (χ0) is 12.8. The van der Waals surface area contributed by atoms with Crippen LogP contribution in [0.25, 0.3) is 0 Å². The van der Waals surface area contributed by atoms with E-state index in [0.717, 1.165) is 23.1 Å². The molecule has 0 unspecified atom stereocenters. The second-order valence-electron chi connectivity index (χ2n) is 3.46. The summed E-state index contributed by atoms with van der Waals surface area (Å²) in [5.74, 6) is 2.09. The normalized spacial score (nSPS) is 10.7. The van der Waals surface area contributed by atoms with Gasteiger partial charge in [0.2, 0.25) is 5.16 Å². The standard InChI is InChI=1S/C10H13N5OS2/c1-15-10(12-13-14-15)18-7-3-6-17-9-8(16)4-2-5-11-9/h2,4-5,16H,3,6-7H2,1H3. The van der Waals surface area contributed by atoms with Gasteiger partial charge in [-0.05, 0) is 29.0 Å². The minimum atomic E-state index is 0.243. The van der Waals surface area contributed by atoms with Crippen LogP contribution in [0.1, 0.15) is 6.42 Å². The van der Waals surface area contributed by atoms with Crippen molar-refractivity contribution < 1.29 is 5.11 Å². The summed E-state index contributed by atoms with van der Waals surface area (Å²) in [6, 6.07) is 3.37. The molecule has 0 aliphatic rings. The summed E-state index contributed by atoms with van der Waals surface area (Å²) in [6.07, 6.45) is 2.68. The molecule has 0 aliphatic carbocycles. The highest BCUT2D eigenvalue weighted by Gasteiger charge is 2.04. The van der Waals surface area contributed by atoms with Crippen LogP contribution in [0, 0.1) is 0 Å². The van der Waals surface area contributed by atoms with Crippen molar-refractivity contribution in [1.29, 1.82) is 0 Å². The lowest BCUT2D eigenvalue weighted by Gasteiger charge is -2.02. The molecule has 0 saturated heterocycles. The van der Waals surface area contributed by atoms with E-state index in [2.05, 4.69) is 20.5 Å². The Morgan fingerprint density at radius 1 is 1.33 bits per heavy atom. The molecule has 0 amide bonds. The van der Waals surface area contributed by atoms with Crippen LogP contribution < -0.4 is 0 Å². The van der Waals surface area contributed by atoms with Crippen molar-refractivity contribution in [1.82, 2.24) is 25.2 Å². The molecule has 0 aliphatic heterocycles. The van der Waals surface area contributed by atoms with E-state index >= 15 is 0 Å². The molecule has 18 heavy (non-hydrogen) atoms. The third kappa shape index (κ3) is 3.61. The van der Waals surface area contributed by atoms with E-state index in [1.165, 1.54) is 0 Å². The number of hydrogen-bond acceptors (Lipinski definition) is 7. The third-order valence-electron chi connectivity index (χ3n) is 2.09. The Bertz CT molecular complexity index is 505. The van der Waals surface area contributed by atoms with Gasteiger partial charge in [-0.2, -0.15) is 0 Å². The number of aromatic nitrogens is 5. The lowest BCUT2D eigenvalue weighted by Crippen LogP contribution is -1.94. The smallest absolute Gasteiger partial charge is 0.209 e. The van der Waals surface area contributed by atoms with Crippen LogP contribution in [0.4, 0.5) is 0 Å². The van der Waals surface area contributed by atoms with Crippen molar-refractivity contribution in [2.24, 2.45) is 7.05 Å². The van der Waals surface area contributed by atoms with Crippen molar-refractivity contribution in [3.63, 3.8) is 0 Å². The van der Waals surface area contributed by atoms with Crippen molar-refractivity contribution in [3.8, 4) is 5.75 Å². The van der Waals surface area contributed by atoms with Gasteiger partial charge in [0, 0.05) is 24.8 Å². The number of rotatable bonds is 6. The van der Waals surface area contributed by atoms with Crippen LogP contribution in [-0.4, -0.2) is 41.8 Å². The monoisotopic (exact) mass is 283 g/mol. The summed E-state index contributed by atoms with van der Waals surface area (Å²) in [4.78, 5) is 4.11. The Kier molecular flexibility index (Phi) is 4.82. The second kappa shape index (κ2) is 6.60. The molecule has 0 bridgehead atoms. The average molecular weight is 283 g/mol. The van der Waals surface area contributed by atoms with Gasteiger partial charge in [0.05, 0.1) is 0 Å². The third-order valence-corrected chi connectivity index (χ3v) is 4.27. The van der Waals surface area contributed by atoms with Gasteiger partial charge >= 0.3 is 0 Å². The fraction of sp³-hybridized carbons (Fsp3) is 0.400. The van der Waals surface area contributed by atoms with Gasteiger partial charge in [0.1, 0.15) is 10.8 Å². The molecule has 0 saturated carbocycles. The van der Waals surface area contributed by atoms with Crippen LogP contribution in [-0.2, 0) is 7.05 Å². The fourth-order valence-electron chi connectivity index (χ4n) is 1.23. The van der Waals surface area contributed by atoms with E-state index in [-0.39, 0.29) is 5.75 Å². The topological polar surface area (TPSA) is 76.7 Å². The molecule has 0 fully saturated rings. The molecule has 1 N–H and O–H groups in total. The molecule has 0 spiro atoms. The zero-order valence-electron chi connectivity index (χ0n) is 9.85. The maximum absolute atomic E-state index is 9.54. The van der Waals surface area contributed by atoms with Crippen LogP contribution >= 0.6 is 23.5 Å². The van der Waals surface area contributed by atoms with E-state index < -0.39 is 0 Å². The number of aryl methyl sites for hydroxylation is 1. The minimum Gasteiger partial charge on any atom is -0.505 e. The lowest BCUT2D eigenvalue weighted by atomic mass is 10.5. The number of thioether (sulfide) groups is 2. The Morgan fingerprint density at radius 2 is 2.17 bits per heavy atom. The molecule has 2 heterocycles.